The van der Waals surface area contributed by atoms with Crippen LogP contribution in [0.3, 0.4) is 0 Å². The molecule has 162 valence electrons. The summed E-state index contributed by atoms with van der Waals surface area (Å²) in [5, 5.41) is 2.26. The molecular weight excluding hydrogens is 456 g/mol. The maximum absolute atomic E-state index is 3.71. The molecular formula is C26H39BrS2. The topological polar surface area (TPSA) is 0 Å². The highest BCUT2D eigenvalue weighted by Gasteiger charge is 2.07. The molecule has 0 radical (unpaired) electrons. The van der Waals surface area contributed by atoms with Crippen molar-refractivity contribution in [3.8, 4) is 0 Å². The number of hydrogen-bond acceptors (Lipinski definition) is 2. The third-order valence-corrected chi connectivity index (χ3v) is 8.15. The Morgan fingerprint density at radius 3 is 1.93 bits per heavy atom. The zero-order valence-corrected chi connectivity index (χ0v) is 21.7. The molecule has 2 rings (SSSR count). The van der Waals surface area contributed by atoms with Crippen molar-refractivity contribution in [2.75, 3.05) is 0 Å². The molecule has 0 aliphatic heterocycles. The van der Waals surface area contributed by atoms with Crippen LogP contribution in [-0.2, 0) is 12.8 Å². The third kappa shape index (κ3) is 9.98. The van der Waals surface area contributed by atoms with Gasteiger partial charge in [-0.3, -0.25) is 0 Å². The normalized spacial score (nSPS) is 11.7. The minimum Gasteiger partial charge on any atom is -0.144 e. The molecule has 0 fully saturated rings. The fourth-order valence-corrected chi connectivity index (χ4v) is 6.27. The molecule has 2 aromatic rings. The smallest absolute Gasteiger partial charge is 0.0707 e. The number of halogens is 1. The summed E-state index contributed by atoms with van der Waals surface area (Å²) in [4.78, 5) is 2.89. The lowest BCUT2D eigenvalue weighted by atomic mass is 10.0. The second-order valence-corrected chi connectivity index (χ2v) is 11.5. The molecule has 0 aromatic carbocycles. The quantitative estimate of drug-likeness (QED) is 0.203. The van der Waals surface area contributed by atoms with Gasteiger partial charge in [-0.2, -0.15) is 0 Å². The van der Waals surface area contributed by atoms with E-state index in [1.54, 1.807) is 0 Å². The molecule has 0 aliphatic carbocycles. The van der Waals surface area contributed by atoms with Crippen molar-refractivity contribution in [1.82, 2.24) is 0 Å². The van der Waals surface area contributed by atoms with E-state index in [9.17, 15) is 0 Å². The van der Waals surface area contributed by atoms with Gasteiger partial charge in [-0.25, -0.2) is 0 Å². The van der Waals surface area contributed by atoms with Gasteiger partial charge in [-0.1, -0.05) is 78.1 Å². The highest BCUT2D eigenvalue weighted by molar-refractivity contribution is 9.11. The Kier molecular flexibility index (Phi) is 13.2. The van der Waals surface area contributed by atoms with Crippen molar-refractivity contribution in [2.24, 2.45) is 0 Å². The average Bonchev–Trinajstić information content (AvgIpc) is 3.31. The van der Waals surface area contributed by atoms with Crippen LogP contribution < -0.4 is 0 Å². The highest BCUT2D eigenvalue weighted by Crippen LogP contribution is 2.31. The first-order valence-corrected chi connectivity index (χ1v) is 14.3. The fraction of sp³-hybridized carbons (Fsp3) is 0.615. The van der Waals surface area contributed by atoms with Crippen LogP contribution in [0.25, 0.3) is 12.2 Å². The molecule has 2 aromatic heterocycles. The third-order valence-electron chi connectivity index (χ3n) is 5.58. The van der Waals surface area contributed by atoms with Gasteiger partial charge in [0.25, 0.3) is 0 Å². The molecule has 3 heteroatoms. The Hall–Kier alpha value is -0.380. The lowest BCUT2D eigenvalue weighted by Gasteiger charge is -2.03. The lowest BCUT2D eigenvalue weighted by molar-refractivity contribution is 0.607. The van der Waals surface area contributed by atoms with Crippen molar-refractivity contribution in [3.05, 3.63) is 42.2 Å². The Bertz CT molecular complexity index is 695. The summed E-state index contributed by atoms with van der Waals surface area (Å²) >= 11 is 7.47. The number of unbranched alkanes of at least 4 members (excludes halogenated alkanes) is 10. The van der Waals surface area contributed by atoms with Gasteiger partial charge in [0.1, 0.15) is 0 Å². The van der Waals surface area contributed by atoms with Crippen LogP contribution in [0.5, 0.6) is 0 Å². The van der Waals surface area contributed by atoms with Crippen LogP contribution in [0, 0.1) is 0 Å². The Labute approximate surface area is 196 Å². The lowest BCUT2D eigenvalue weighted by Crippen LogP contribution is -1.87. The molecule has 0 atom stereocenters. The van der Waals surface area contributed by atoms with Gasteiger partial charge in [0.15, 0.2) is 0 Å². The first kappa shape index (κ1) is 24.9. The Morgan fingerprint density at radius 1 is 0.724 bits per heavy atom. The molecule has 2 heterocycles. The van der Waals surface area contributed by atoms with Gasteiger partial charge in [0, 0.05) is 9.75 Å². The van der Waals surface area contributed by atoms with Crippen LogP contribution >= 0.6 is 38.6 Å². The first-order chi connectivity index (χ1) is 14.2. The molecule has 0 aliphatic rings. The summed E-state index contributed by atoms with van der Waals surface area (Å²) in [7, 11) is 0. The number of thiophene rings is 2. The standard InChI is InChI=1S/C26H39BrS2/c1-3-5-7-9-11-13-15-22-19-20-28-24(22)17-18-25-23(21-26(27)29-25)16-14-12-10-8-6-4-2/h17-21H,3-16H2,1-2H3. The molecule has 0 unspecified atom stereocenters. The maximum atomic E-state index is 3.71. The van der Waals surface area contributed by atoms with Crippen LogP contribution in [0.4, 0.5) is 0 Å². The van der Waals surface area contributed by atoms with E-state index < -0.39 is 0 Å². The summed E-state index contributed by atoms with van der Waals surface area (Å²) in [6.07, 6.45) is 23.6. The SMILES string of the molecule is CCCCCCCCc1ccsc1C=Cc1sc(Br)cc1CCCCCCCC. The molecule has 0 N–H and O–H groups in total. The maximum Gasteiger partial charge on any atom is 0.0707 e. The first-order valence-electron chi connectivity index (χ1n) is 11.8. The van der Waals surface area contributed by atoms with E-state index in [1.165, 1.54) is 115 Å². The Morgan fingerprint density at radius 2 is 1.28 bits per heavy atom. The van der Waals surface area contributed by atoms with Gasteiger partial charge < -0.3 is 0 Å². The van der Waals surface area contributed by atoms with Gasteiger partial charge in [0.05, 0.1) is 3.79 Å². The van der Waals surface area contributed by atoms with E-state index in [4.69, 9.17) is 0 Å². The minimum atomic E-state index is 1.21. The van der Waals surface area contributed by atoms with Gasteiger partial charge in [0.2, 0.25) is 0 Å². The summed E-state index contributed by atoms with van der Waals surface area (Å²) in [6, 6.07) is 4.67. The van der Waals surface area contributed by atoms with Crippen molar-refractivity contribution in [3.63, 3.8) is 0 Å². The largest absolute Gasteiger partial charge is 0.144 e. The Balaban J connectivity index is 1.83. The molecule has 0 amide bonds. The van der Waals surface area contributed by atoms with E-state index >= 15 is 0 Å². The van der Waals surface area contributed by atoms with Crippen LogP contribution in [-0.4, -0.2) is 0 Å². The summed E-state index contributed by atoms with van der Waals surface area (Å²) in [6.45, 7) is 4.57. The van der Waals surface area contributed by atoms with Crippen LogP contribution in [0.15, 0.2) is 21.3 Å². The molecule has 0 saturated heterocycles. The van der Waals surface area contributed by atoms with Crippen LogP contribution in [0.2, 0.25) is 0 Å². The number of rotatable bonds is 16. The van der Waals surface area contributed by atoms with Crippen molar-refractivity contribution < 1.29 is 0 Å². The van der Waals surface area contributed by atoms with Gasteiger partial charge >= 0.3 is 0 Å². The van der Waals surface area contributed by atoms with Gasteiger partial charge in [-0.05, 0) is 82.4 Å². The second-order valence-electron chi connectivity index (χ2n) is 8.12. The molecule has 0 saturated carbocycles. The monoisotopic (exact) mass is 494 g/mol. The summed E-state index contributed by atoms with van der Waals surface area (Å²) in [5.74, 6) is 0. The minimum absolute atomic E-state index is 1.21. The van der Waals surface area contributed by atoms with E-state index in [0.717, 1.165) is 0 Å². The van der Waals surface area contributed by atoms with E-state index in [1.807, 2.05) is 22.7 Å². The fourth-order valence-electron chi connectivity index (χ4n) is 3.79. The van der Waals surface area contributed by atoms with E-state index in [-0.39, 0.29) is 0 Å². The number of hydrogen-bond donors (Lipinski definition) is 0. The van der Waals surface area contributed by atoms with Gasteiger partial charge in [-0.15, -0.1) is 22.7 Å². The molecule has 0 nitrogen and oxygen atoms in total. The van der Waals surface area contributed by atoms with E-state index in [0.29, 0.717) is 0 Å². The van der Waals surface area contributed by atoms with Crippen molar-refractivity contribution in [2.45, 2.75) is 104 Å². The molecule has 0 spiro atoms. The van der Waals surface area contributed by atoms with Crippen molar-refractivity contribution >= 4 is 50.8 Å². The second kappa shape index (κ2) is 15.4. The van der Waals surface area contributed by atoms with Crippen LogP contribution in [0.1, 0.15) is 112 Å². The summed E-state index contributed by atoms with van der Waals surface area (Å²) in [5.41, 5.74) is 3.05. The summed E-state index contributed by atoms with van der Waals surface area (Å²) < 4.78 is 1.26. The van der Waals surface area contributed by atoms with E-state index in [2.05, 4.69) is 59.4 Å². The zero-order valence-electron chi connectivity index (χ0n) is 18.5. The predicted octanol–water partition coefficient (Wildman–Crippen LogP) is 10.5. The highest BCUT2D eigenvalue weighted by atomic mass is 79.9. The predicted molar refractivity (Wildman–Crippen MR) is 139 cm³/mol. The number of aryl methyl sites for hydroxylation is 2. The molecule has 29 heavy (non-hydrogen) atoms. The zero-order chi connectivity index (χ0) is 20.7. The molecule has 0 bridgehead atoms. The average molecular weight is 496 g/mol. The van der Waals surface area contributed by atoms with Crippen molar-refractivity contribution in [1.29, 1.82) is 0 Å².